The molecule has 0 saturated carbocycles. The Kier molecular flexibility index (Phi) is 4.49. The van der Waals surface area contributed by atoms with Gasteiger partial charge in [0.2, 0.25) is 0 Å². The first kappa shape index (κ1) is 15.5. The number of benzene rings is 1. The maximum Gasteiger partial charge on any atom is 0.387 e. The van der Waals surface area contributed by atoms with Crippen LogP contribution in [-0.4, -0.2) is 44.7 Å². The summed E-state index contributed by atoms with van der Waals surface area (Å²) >= 11 is 0. The molecule has 0 radical (unpaired) electrons. The highest BCUT2D eigenvalue weighted by molar-refractivity contribution is 5.63. The first-order valence-electron chi connectivity index (χ1n) is 7.86. The average Bonchev–Trinajstić information content (AvgIpc) is 2.49. The molecule has 0 amide bonds. The minimum Gasteiger partial charge on any atom is -0.435 e. The second kappa shape index (κ2) is 6.38. The van der Waals surface area contributed by atoms with Gasteiger partial charge in [0.15, 0.2) is 0 Å². The second-order valence-corrected chi connectivity index (χ2v) is 6.14. The summed E-state index contributed by atoms with van der Waals surface area (Å²) in [6.07, 6.45) is 2.57. The van der Waals surface area contributed by atoms with E-state index in [1.165, 1.54) is 0 Å². The summed E-state index contributed by atoms with van der Waals surface area (Å²) in [5.41, 5.74) is 9.27. The molecule has 1 aliphatic heterocycles. The maximum atomic E-state index is 12.6. The lowest BCUT2D eigenvalue weighted by atomic mass is 9.85. The normalized spacial score (nSPS) is 22.8. The average molecular weight is 311 g/mol. The zero-order chi connectivity index (χ0) is 15.7. The van der Waals surface area contributed by atoms with Crippen molar-refractivity contribution in [3.05, 3.63) is 23.3 Å². The van der Waals surface area contributed by atoms with Crippen LogP contribution >= 0.6 is 0 Å². The Hall–Kier alpha value is -1.40. The molecule has 1 heterocycles. The van der Waals surface area contributed by atoms with Gasteiger partial charge in [0, 0.05) is 43.5 Å². The van der Waals surface area contributed by atoms with Crippen LogP contribution in [-0.2, 0) is 6.42 Å². The molecule has 1 unspecified atom stereocenters. The van der Waals surface area contributed by atoms with Crippen molar-refractivity contribution in [2.45, 2.75) is 31.9 Å². The van der Waals surface area contributed by atoms with Crippen molar-refractivity contribution in [1.82, 2.24) is 4.90 Å². The van der Waals surface area contributed by atoms with Crippen LogP contribution in [0, 0.1) is 0 Å². The fourth-order valence-electron chi connectivity index (χ4n) is 3.48. The van der Waals surface area contributed by atoms with Gasteiger partial charge < -0.3 is 20.3 Å². The third kappa shape index (κ3) is 3.03. The topological polar surface area (TPSA) is 41.7 Å². The Morgan fingerprint density at radius 3 is 2.64 bits per heavy atom. The lowest BCUT2D eigenvalue weighted by molar-refractivity contribution is -0.0505. The lowest BCUT2D eigenvalue weighted by Crippen LogP contribution is -2.45. The highest BCUT2D eigenvalue weighted by Crippen LogP contribution is 2.41. The molecular formula is C16H23F2N3O. The van der Waals surface area contributed by atoms with Gasteiger partial charge in [-0.1, -0.05) is 0 Å². The molecule has 122 valence electrons. The van der Waals surface area contributed by atoms with E-state index in [2.05, 4.69) is 16.8 Å². The van der Waals surface area contributed by atoms with Gasteiger partial charge in [-0.3, -0.25) is 0 Å². The van der Waals surface area contributed by atoms with E-state index in [9.17, 15) is 8.78 Å². The summed E-state index contributed by atoms with van der Waals surface area (Å²) in [6.45, 7) is 1.07. The van der Waals surface area contributed by atoms with E-state index >= 15 is 0 Å². The molecule has 3 rings (SSSR count). The number of nitrogens with two attached hydrogens (primary N) is 1. The smallest absolute Gasteiger partial charge is 0.387 e. The Bertz CT molecular complexity index is 530. The third-order valence-corrected chi connectivity index (χ3v) is 4.66. The zero-order valence-electron chi connectivity index (χ0n) is 12.9. The zero-order valence-corrected chi connectivity index (χ0v) is 12.9. The summed E-state index contributed by atoms with van der Waals surface area (Å²) < 4.78 is 29.9. The number of alkyl halides is 2. The van der Waals surface area contributed by atoms with Crippen molar-refractivity contribution in [2.24, 2.45) is 5.73 Å². The largest absolute Gasteiger partial charge is 0.435 e. The molecule has 0 spiro atoms. The van der Waals surface area contributed by atoms with E-state index in [0.717, 1.165) is 62.3 Å². The Morgan fingerprint density at radius 1 is 1.23 bits per heavy atom. The number of anilines is 1. The molecule has 1 fully saturated rings. The quantitative estimate of drug-likeness (QED) is 0.930. The van der Waals surface area contributed by atoms with Crippen LogP contribution in [0.2, 0.25) is 0 Å². The maximum absolute atomic E-state index is 12.6. The summed E-state index contributed by atoms with van der Waals surface area (Å²) in [4.78, 5) is 4.60. The Morgan fingerprint density at radius 2 is 1.95 bits per heavy atom. The van der Waals surface area contributed by atoms with E-state index in [-0.39, 0.29) is 11.8 Å². The summed E-state index contributed by atoms with van der Waals surface area (Å²) in [5.74, 6) is 0.290. The van der Waals surface area contributed by atoms with E-state index < -0.39 is 6.61 Å². The Labute approximate surface area is 129 Å². The van der Waals surface area contributed by atoms with E-state index in [1.54, 1.807) is 6.07 Å². The molecule has 1 aliphatic carbocycles. The van der Waals surface area contributed by atoms with Crippen molar-refractivity contribution >= 4 is 5.69 Å². The number of hydrogen-bond acceptors (Lipinski definition) is 4. The molecular weight excluding hydrogens is 288 g/mol. The number of fused-ring (bicyclic) bond motifs is 1. The van der Waals surface area contributed by atoms with Crippen molar-refractivity contribution in [3.63, 3.8) is 0 Å². The molecule has 22 heavy (non-hydrogen) atoms. The number of ether oxygens (including phenoxy) is 1. The predicted molar refractivity (Wildman–Crippen MR) is 82.7 cm³/mol. The summed E-state index contributed by atoms with van der Waals surface area (Å²) in [5, 5.41) is 0. The molecule has 0 aromatic heterocycles. The fourth-order valence-corrected chi connectivity index (χ4v) is 3.48. The highest BCUT2D eigenvalue weighted by Gasteiger charge is 2.27. The Balaban J connectivity index is 1.97. The third-order valence-electron chi connectivity index (χ3n) is 4.66. The van der Waals surface area contributed by atoms with Gasteiger partial charge in [-0.2, -0.15) is 8.78 Å². The molecule has 1 atom stereocenters. The first-order chi connectivity index (χ1) is 10.6. The summed E-state index contributed by atoms with van der Waals surface area (Å²) in [7, 11) is 2.11. The molecule has 0 bridgehead atoms. The number of rotatable bonds is 3. The SMILES string of the molecule is CN1CCN(c2ccc(OC(F)F)c3c2C(N)CCC3)CC1. The minimum atomic E-state index is -2.79. The monoisotopic (exact) mass is 311 g/mol. The van der Waals surface area contributed by atoms with Gasteiger partial charge in [0.25, 0.3) is 0 Å². The fraction of sp³-hybridized carbons (Fsp3) is 0.625. The van der Waals surface area contributed by atoms with E-state index in [4.69, 9.17) is 10.5 Å². The van der Waals surface area contributed by atoms with E-state index in [0.29, 0.717) is 0 Å². The molecule has 1 saturated heterocycles. The first-order valence-corrected chi connectivity index (χ1v) is 7.86. The van der Waals surface area contributed by atoms with Gasteiger partial charge in [-0.05, 0) is 44.0 Å². The minimum absolute atomic E-state index is 0.0976. The molecule has 1 aromatic carbocycles. The lowest BCUT2D eigenvalue weighted by Gasteiger charge is -2.37. The standard InChI is InChI=1S/C16H23F2N3O/c1-20-7-9-21(10-8-20)13-5-6-14(22-16(17)18)11-3-2-4-12(19)15(11)13/h5-6,12,16H,2-4,7-10,19H2,1H3. The van der Waals surface area contributed by atoms with Crippen molar-refractivity contribution in [2.75, 3.05) is 38.1 Å². The van der Waals surface area contributed by atoms with Crippen LogP contribution < -0.4 is 15.4 Å². The molecule has 6 heteroatoms. The number of likely N-dealkylation sites (N-methyl/N-ethyl adjacent to an activating group) is 1. The number of piperazine rings is 1. The molecule has 1 aromatic rings. The molecule has 2 aliphatic rings. The van der Waals surface area contributed by atoms with Gasteiger partial charge in [0.1, 0.15) is 5.75 Å². The van der Waals surface area contributed by atoms with Gasteiger partial charge in [-0.15, -0.1) is 0 Å². The van der Waals surface area contributed by atoms with Gasteiger partial charge in [-0.25, -0.2) is 0 Å². The van der Waals surface area contributed by atoms with Gasteiger partial charge in [0.05, 0.1) is 0 Å². The van der Waals surface area contributed by atoms with E-state index in [1.807, 2.05) is 6.07 Å². The van der Waals surface area contributed by atoms with Crippen molar-refractivity contribution < 1.29 is 13.5 Å². The van der Waals surface area contributed by atoms with Crippen LogP contribution in [0.5, 0.6) is 5.75 Å². The van der Waals surface area contributed by atoms with Crippen LogP contribution in [0.25, 0.3) is 0 Å². The molecule has 2 N–H and O–H groups in total. The van der Waals surface area contributed by atoms with Crippen LogP contribution in [0.3, 0.4) is 0 Å². The van der Waals surface area contributed by atoms with Crippen LogP contribution in [0.15, 0.2) is 12.1 Å². The predicted octanol–water partition coefficient (Wildman–Crippen LogP) is 2.38. The van der Waals surface area contributed by atoms with Crippen LogP contribution in [0.4, 0.5) is 14.5 Å². The number of nitrogens with zero attached hydrogens (tertiary/aromatic N) is 2. The van der Waals surface area contributed by atoms with Crippen molar-refractivity contribution in [3.8, 4) is 5.75 Å². The number of halogens is 2. The summed E-state index contributed by atoms with van der Waals surface area (Å²) in [6, 6.07) is 3.48. The second-order valence-electron chi connectivity index (χ2n) is 6.14. The number of hydrogen-bond donors (Lipinski definition) is 1. The van der Waals surface area contributed by atoms with Crippen LogP contribution in [0.1, 0.15) is 30.0 Å². The highest BCUT2D eigenvalue weighted by atomic mass is 19.3. The molecule has 4 nitrogen and oxygen atoms in total. The van der Waals surface area contributed by atoms with Gasteiger partial charge >= 0.3 is 6.61 Å². The van der Waals surface area contributed by atoms with Crippen molar-refractivity contribution in [1.29, 1.82) is 0 Å².